The number of esters is 2. The van der Waals surface area contributed by atoms with Gasteiger partial charge >= 0.3 is 23.8 Å². The number of carbonyl (C=O) groups excluding carboxylic acids is 2. The number of hydrogen-bond donors (Lipinski definition) is 2. The summed E-state index contributed by atoms with van der Waals surface area (Å²) in [5.74, 6) is -1.99. The predicted molar refractivity (Wildman–Crippen MR) is 118 cm³/mol. The molecule has 2 aliphatic heterocycles. The van der Waals surface area contributed by atoms with Gasteiger partial charge in [0, 0.05) is 13.1 Å². The van der Waals surface area contributed by atoms with E-state index in [0.717, 1.165) is 6.92 Å². The van der Waals surface area contributed by atoms with Gasteiger partial charge in [0.05, 0.1) is 16.7 Å². The van der Waals surface area contributed by atoms with Gasteiger partial charge in [0.1, 0.15) is 18.3 Å². The molecule has 1 aromatic heterocycles. The highest BCUT2D eigenvalue weighted by molar-refractivity contribution is 7.90. The molecule has 13 nitrogen and oxygen atoms in total. The number of halogens is 3. The van der Waals surface area contributed by atoms with Crippen LogP contribution in [0.25, 0.3) is 0 Å². The lowest BCUT2D eigenvalue weighted by atomic mass is 9.89. The quantitative estimate of drug-likeness (QED) is 0.374. The van der Waals surface area contributed by atoms with E-state index < -0.39 is 81.4 Å². The Balaban J connectivity index is 1.83. The molecule has 0 saturated carbocycles. The second-order valence-electron chi connectivity index (χ2n) is 8.16. The Labute approximate surface area is 210 Å². The SMILES string of the molecule is CC(=O)O[C@H]1[C@H](n2cc(C(F)(F)F)c(=O)[nH]c2=O)O[C@H](COC(=O)c2ccccc2)[C@@]12OS(=O)(=O)C=C2N. The van der Waals surface area contributed by atoms with E-state index >= 15 is 0 Å². The van der Waals surface area contributed by atoms with Crippen molar-refractivity contribution >= 4 is 22.1 Å². The molecule has 17 heteroatoms. The molecular formula is C21H18F3N3O10S. The first-order chi connectivity index (χ1) is 17.7. The molecule has 2 aliphatic rings. The molecule has 38 heavy (non-hydrogen) atoms. The third kappa shape index (κ3) is 4.82. The van der Waals surface area contributed by atoms with E-state index in [1.807, 2.05) is 0 Å². The highest BCUT2D eigenvalue weighted by atomic mass is 32.2. The fourth-order valence-corrected chi connectivity index (χ4v) is 5.31. The third-order valence-corrected chi connectivity index (χ3v) is 6.71. The van der Waals surface area contributed by atoms with Crippen molar-refractivity contribution in [3.05, 3.63) is 79.6 Å². The molecule has 3 heterocycles. The lowest BCUT2D eigenvalue weighted by Crippen LogP contribution is -2.55. The van der Waals surface area contributed by atoms with Gasteiger partial charge in [-0.25, -0.2) is 13.8 Å². The minimum atomic E-state index is -5.22. The molecule has 1 aromatic carbocycles. The summed E-state index contributed by atoms with van der Waals surface area (Å²) in [6.07, 6.45) is -10.9. The smallest absolute Gasteiger partial charge is 0.423 e. The average molecular weight is 561 g/mol. The highest BCUT2D eigenvalue weighted by Gasteiger charge is 2.67. The van der Waals surface area contributed by atoms with Crippen LogP contribution >= 0.6 is 0 Å². The molecule has 0 amide bonds. The van der Waals surface area contributed by atoms with Crippen LogP contribution in [-0.4, -0.2) is 54.3 Å². The first-order valence-corrected chi connectivity index (χ1v) is 12.0. The molecule has 4 atom stereocenters. The van der Waals surface area contributed by atoms with Crippen molar-refractivity contribution in [3.8, 4) is 0 Å². The fourth-order valence-electron chi connectivity index (χ4n) is 4.08. The van der Waals surface area contributed by atoms with Crippen molar-refractivity contribution in [2.24, 2.45) is 5.73 Å². The normalized spacial score (nSPS) is 26.2. The van der Waals surface area contributed by atoms with Crippen LogP contribution in [0, 0.1) is 0 Å². The zero-order valence-electron chi connectivity index (χ0n) is 19.1. The summed E-state index contributed by atoms with van der Waals surface area (Å²) in [5, 5.41) is 0.456. The summed E-state index contributed by atoms with van der Waals surface area (Å²) >= 11 is 0. The number of carbonyl (C=O) groups is 2. The summed E-state index contributed by atoms with van der Waals surface area (Å²) in [6.45, 7) is 0.0734. The van der Waals surface area contributed by atoms with Crippen molar-refractivity contribution < 1.29 is 49.6 Å². The highest BCUT2D eigenvalue weighted by Crippen LogP contribution is 2.48. The lowest BCUT2D eigenvalue weighted by Gasteiger charge is -2.33. The van der Waals surface area contributed by atoms with E-state index in [4.69, 9.17) is 24.1 Å². The fraction of sp³-hybridized carbons (Fsp3) is 0.333. The number of benzene rings is 1. The molecule has 1 fully saturated rings. The van der Waals surface area contributed by atoms with Gasteiger partial charge in [-0.15, -0.1) is 0 Å². The molecule has 0 unspecified atom stereocenters. The first kappa shape index (κ1) is 27.1. The van der Waals surface area contributed by atoms with Gasteiger partial charge in [-0.2, -0.15) is 21.6 Å². The Kier molecular flexibility index (Phi) is 6.71. The van der Waals surface area contributed by atoms with Crippen LogP contribution in [0.3, 0.4) is 0 Å². The number of aromatic nitrogens is 2. The summed E-state index contributed by atoms with van der Waals surface area (Å²) in [7, 11) is -4.56. The monoisotopic (exact) mass is 561 g/mol. The largest absolute Gasteiger partial charge is 0.459 e. The molecule has 1 spiro atoms. The van der Waals surface area contributed by atoms with Gasteiger partial charge in [-0.05, 0) is 12.1 Å². The molecule has 0 aliphatic carbocycles. The van der Waals surface area contributed by atoms with Gasteiger partial charge in [0.25, 0.3) is 15.7 Å². The van der Waals surface area contributed by atoms with Crippen LogP contribution in [0.2, 0.25) is 0 Å². The maximum atomic E-state index is 13.4. The van der Waals surface area contributed by atoms with Gasteiger partial charge in [0.2, 0.25) is 0 Å². The molecule has 3 N–H and O–H groups in total. The zero-order chi connectivity index (χ0) is 28.0. The summed E-state index contributed by atoms with van der Waals surface area (Å²) in [5.41, 5.74) is -2.03. The number of aromatic amines is 1. The predicted octanol–water partition coefficient (Wildman–Crippen LogP) is 0.140. The standard InChI is InChI=1S/C21H18F3N3O10S/c1-10(28)35-15-17(27-7-12(21(22,23)24)16(29)26-19(27)31)36-14(20(15)13(25)9-38(32,33)37-20)8-34-18(30)11-5-3-2-4-6-11/h2-7,9,14-15,17H,8,25H2,1H3,(H,26,29,31)/t14-,15+,17-,20-/m1/s1. The van der Waals surface area contributed by atoms with Crippen molar-refractivity contribution in [2.75, 3.05) is 6.61 Å². The van der Waals surface area contributed by atoms with Crippen molar-refractivity contribution in [2.45, 2.75) is 37.1 Å². The Bertz CT molecular complexity index is 1530. The number of nitrogens with two attached hydrogens (primary N) is 1. The van der Waals surface area contributed by atoms with Gasteiger partial charge < -0.3 is 19.9 Å². The Morgan fingerprint density at radius 1 is 1.21 bits per heavy atom. The van der Waals surface area contributed by atoms with E-state index in [1.54, 1.807) is 6.07 Å². The van der Waals surface area contributed by atoms with Gasteiger partial charge in [-0.1, -0.05) is 18.2 Å². The number of alkyl halides is 3. The van der Waals surface area contributed by atoms with Crippen LogP contribution in [-0.2, 0) is 39.5 Å². The maximum absolute atomic E-state index is 13.4. The second-order valence-corrected chi connectivity index (χ2v) is 9.55. The van der Waals surface area contributed by atoms with Crippen LogP contribution in [0.15, 0.2) is 57.2 Å². The molecule has 1 saturated heterocycles. The minimum Gasteiger partial charge on any atom is -0.459 e. The van der Waals surface area contributed by atoms with Crippen LogP contribution in [0.4, 0.5) is 13.2 Å². The molecular weight excluding hydrogens is 543 g/mol. The Morgan fingerprint density at radius 3 is 2.42 bits per heavy atom. The number of hydrogen-bond acceptors (Lipinski definition) is 11. The topological polar surface area (TPSA) is 186 Å². The molecule has 0 radical (unpaired) electrons. The first-order valence-electron chi connectivity index (χ1n) is 10.6. The maximum Gasteiger partial charge on any atom is 0.423 e. The molecule has 2 aromatic rings. The minimum absolute atomic E-state index is 0.0859. The third-order valence-electron chi connectivity index (χ3n) is 5.66. The lowest BCUT2D eigenvalue weighted by molar-refractivity contribution is -0.159. The second kappa shape index (κ2) is 9.41. The van der Waals surface area contributed by atoms with E-state index in [9.17, 15) is 40.8 Å². The number of nitrogens with one attached hydrogen (secondary N) is 1. The van der Waals surface area contributed by atoms with Crippen LogP contribution < -0.4 is 17.0 Å². The van der Waals surface area contributed by atoms with Crippen LogP contribution in [0.5, 0.6) is 0 Å². The van der Waals surface area contributed by atoms with E-state index in [2.05, 4.69) is 0 Å². The number of nitrogens with zero attached hydrogens (tertiary/aromatic N) is 1. The van der Waals surface area contributed by atoms with Crippen molar-refractivity contribution in [3.63, 3.8) is 0 Å². The summed E-state index contributed by atoms with van der Waals surface area (Å²) in [6, 6.07) is 7.50. The van der Waals surface area contributed by atoms with E-state index in [-0.39, 0.29) is 16.3 Å². The zero-order valence-corrected chi connectivity index (χ0v) is 19.9. The van der Waals surface area contributed by atoms with Crippen LogP contribution in [0.1, 0.15) is 29.1 Å². The van der Waals surface area contributed by atoms with E-state index in [0.29, 0.717) is 5.41 Å². The number of H-pyrrole nitrogens is 1. The molecule has 0 bridgehead atoms. The Hall–Kier alpha value is -3.96. The summed E-state index contributed by atoms with van der Waals surface area (Å²) in [4.78, 5) is 50.2. The summed E-state index contributed by atoms with van der Waals surface area (Å²) < 4.78 is 86.3. The van der Waals surface area contributed by atoms with Crippen molar-refractivity contribution in [1.82, 2.24) is 9.55 Å². The Morgan fingerprint density at radius 2 is 1.87 bits per heavy atom. The molecule has 4 rings (SSSR count). The average Bonchev–Trinajstić information content (AvgIpc) is 3.23. The van der Waals surface area contributed by atoms with Gasteiger partial charge in [0.15, 0.2) is 17.9 Å². The van der Waals surface area contributed by atoms with E-state index in [1.165, 1.54) is 29.2 Å². The number of ether oxygens (including phenoxy) is 3. The number of rotatable bonds is 5. The van der Waals surface area contributed by atoms with Crippen molar-refractivity contribution in [1.29, 1.82) is 0 Å². The molecule has 204 valence electrons. The van der Waals surface area contributed by atoms with Gasteiger partial charge in [-0.3, -0.25) is 19.1 Å².